The maximum Gasteiger partial charge on any atom is 0.299 e. The highest BCUT2D eigenvalue weighted by Gasteiger charge is 2.52. The number of alkyl halides is 2. The lowest BCUT2D eigenvalue weighted by molar-refractivity contribution is 0.0480. The van der Waals surface area contributed by atoms with Gasteiger partial charge in [0, 0.05) is 21.2 Å². The third-order valence-corrected chi connectivity index (χ3v) is 7.44. The van der Waals surface area contributed by atoms with Crippen LogP contribution in [0.1, 0.15) is 42.3 Å². The van der Waals surface area contributed by atoms with Gasteiger partial charge in [0.25, 0.3) is 13.3 Å². The Labute approximate surface area is 187 Å². The second-order valence-electron chi connectivity index (χ2n) is 8.88. The van der Waals surface area contributed by atoms with Crippen LogP contribution < -0.4 is 0 Å². The van der Waals surface area contributed by atoms with Crippen molar-refractivity contribution in [3.05, 3.63) is 64.0 Å². The number of hydrogen-bond donors (Lipinski definition) is 1. The monoisotopic (exact) mass is 480 g/mol. The molecule has 1 N–H and O–H groups in total. The minimum atomic E-state index is -3.05. The van der Waals surface area contributed by atoms with Crippen molar-refractivity contribution in [2.45, 2.75) is 31.2 Å². The maximum absolute atomic E-state index is 15.2. The van der Waals surface area contributed by atoms with Gasteiger partial charge in [0.2, 0.25) is 0 Å². The van der Waals surface area contributed by atoms with Gasteiger partial charge >= 0.3 is 0 Å². The first-order valence-corrected chi connectivity index (χ1v) is 11.1. The zero-order valence-electron chi connectivity index (χ0n) is 16.5. The summed E-state index contributed by atoms with van der Waals surface area (Å²) in [6, 6.07) is 10.2. The number of rotatable bonds is 4. The van der Waals surface area contributed by atoms with Crippen molar-refractivity contribution in [2.75, 3.05) is 6.54 Å². The van der Waals surface area contributed by atoms with E-state index in [2.05, 4.69) is 25.9 Å². The predicted molar refractivity (Wildman–Crippen MR) is 118 cm³/mol. The topological polar surface area (TPSA) is 49.0 Å². The van der Waals surface area contributed by atoms with Crippen LogP contribution in [0.5, 0.6) is 0 Å². The molecule has 2 aromatic carbocycles. The van der Waals surface area contributed by atoms with Gasteiger partial charge in [0.05, 0.1) is 24.1 Å². The molecule has 155 valence electrons. The molecule has 2 heterocycles. The highest BCUT2D eigenvalue weighted by molar-refractivity contribution is 9.10. The average molecular weight is 481 g/mol. The van der Waals surface area contributed by atoms with Crippen molar-refractivity contribution in [2.24, 2.45) is 5.41 Å². The lowest BCUT2D eigenvalue weighted by Gasteiger charge is -2.19. The summed E-state index contributed by atoms with van der Waals surface area (Å²) in [6.45, 7) is 0.866. The van der Waals surface area contributed by atoms with E-state index in [4.69, 9.17) is 0 Å². The Morgan fingerprint density at radius 2 is 1.90 bits per heavy atom. The summed E-state index contributed by atoms with van der Waals surface area (Å²) in [6.07, 6.45) is 5.83. The summed E-state index contributed by atoms with van der Waals surface area (Å²) in [4.78, 5) is 21.0. The highest BCUT2D eigenvalue weighted by atomic mass is 79.9. The summed E-state index contributed by atoms with van der Waals surface area (Å²) in [5, 5.41) is 0. The van der Waals surface area contributed by atoms with Crippen LogP contribution in [0.4, 0.5) is 8.78 Å². The standard InChI is InChI=1S/C23H18BBrF2N3O/c25-14-2-4-16-15-3-1-13(7-17(15)23(26,27)18(16)8-14)19-10-28-21(29-19)20-9-22(5-6-22)11-30(20)24-12-31/h1-4,7-8,10,12,20H,5-6,9,11H2,(H,28,29)/t20-/m0/s1. The molecule has 3 aromatic rings. The van der Waals surface area contributed by atoms with Crippen molar-refractivity contribution in [1.29, 1.82) is 0 Å². The zero-order chi connectivity index (χ0) is 21.4. The summed E-state index contributed by atoms with van der Waals surface area (Å²) in [7, 11) is 1.59. The Balaban J connectivity index is 1.35. The highest BCUT2D eigenvalue weighted by Crippen LogP contribution is 2.58. The van der Waals surface area contributed by atoms with Crippen LogP contribution in [0.15, 0.2) is 47.1 Å². The Bertz CT molecular complexity index is 1220. The number of carbonyl (C=O) groups is 1. The first kappa shape index (κ1) is 19.4. The second kappa shape index (κ2) is 6.59. The molecule has 2 aliphatic carbocycles. The summed E-state index contributed by atoms with van der Waals surface area (Å²) in [5.41, 5.74) is 2.85. The molecular formula is C23H18BBrF2N3O. The number of halogens is 3. The van der Waals surface area contributed by atoms with E-state index in [1.54, 1.807) is 37.9 Å². The van der Waals surface area contributed by atoms with Gasteiger partial charge in [0.1, 0.15) is 5.82 Å². The van der Waals surface area contributed by atoms with E-state index in [1.807, 2.05) is 10.9 Å². The van der Waals surface area contributed by atoms with Crippen molar-refractivity contribution in [3.63, 3.8) is 0 Å². The molecule has 1 saturated carbocycles. The van der Waals surface area contributed by atoms with E-state index < -0.39 is 5.92 Å². The molecule has 6 rings (SSSR count). The van der Waals surface area contributed by atoms with Crippen LogP contribution >= 0.6 is 15.9 Å². The molecule has 3 aliphatic rings. The van der Waals surface area contributed by atoms with Crippen LogP contribution in [-0.4, -0.2) is 34.9 Å². The van der Waals surface area contributed by atoms with E-state index in [0.717, 1.165) is 25.0 Å². The molecule has 1 aromatic heterocycles. The average Bonchev–Trinajstić information content (AvgIpc) is 3.09. The first-order chi connectivity index (χ1) is 14.9. The molecule has 1 radical (unpaired) electrons. The molecule has 0 unspecified atom stereocenters. The number of nitrogens with one attached hydrogen (secondary N) is 1. The number of benzene rings is 2. The van der Waals surface area contributed by atoms with Gasteiger partial charge in [-0.05, 0) is 60.5 Å². The van der Waals surface area contributed by atoms with Crippen molar-refractivity contribution >= 4 is 29.5 Å². The smallest absolute Gasteiger partial charge is 0.299 e. The molecule has 1 spiro atoms. The number of aromatic nitrogens is 2. The molecule has 2 fully saturated rings. The van der Waals surface area contributed by atoms with Crippen LogP contribution in [0.2, 0.25) is 0 Å². The van der Waals surface area contributed by atoms with E-state index in [0.29, 0.717) is 32.3 Å². The third-order valence-electron chi connectivity index (χ3n) is 6.94. The van der Waals surface area contributed by atoms with Crippen LogP contribution in [0.3, 0.4) is 0 Å². The quantitative estimate of drug-likeness (QED) is 0.407. The fraction of sp³-hybridized carbons (Fsp3) is 0.304. The van der Waals surface area contributed by atoms with Gasteiger partial charge in [-0.2, -0.15) is 8.78 Å². The SMILES string of the molecule is O=C[B]N1CC2(CC2)C[C@H]1c1ncc(-c2ccc3c(c2)C(F)(F)c2cc(Br)ccc2-3)[nH]1. The van der Waals surface area contributed by atoms with Gasteiger partial charge in [-0.1, -0.05) is 34.1 Å². The van der Waals surface area contributed by atoms with Crippen LogP contribution in [0.25, 0.3) is 22.4 Å². The maximum atomic E-state index is 15.2. The second-order valence-corrected chi connectivity index (χ2v) is 9.80. The fourth-order valence-corrected chi connectivity index (χ4v) is 5.49. The van der Waals surface area contributed by atoms with E-state index in [9.17, 15) is 4.79 Å². The molecule has 1 aliphatic heterocycles. The Hall–Kier alpha value is -2.32. The number of H-pyrrole nitrogens is 1. The lowest BCUT2D eigenvalue weighted by Crippen LogP contribution is -2.29. The fourth-order valence-electron chi connectivity index (χ4n) is 5.13. The third kappa shape index (κ3) is 2.95. The summed E-state index contributed by atoms with van der Waals surface area (Å²) >= 11 is 3.30. The number of aromatic amines is 1. The van der Waals surface area contributed by atoms with E-state index in [1.165, 1.54) is 18.9 Å². The van der Waals surface area contributed by atoms with Gasteiger partial charge in [-0.25, -0.2) is 4.98 Å². The molecule has 31 heavy (non-hydrogen) atoms. The predicted octanol–water partition coefficient (Wildman–Crippen LogP) is 5.30. The summed E-state index contributed by atoms with van der Waals surface area (Å²) in [5.74, 6) is -2.27. The molecule has 8 heteroatoms. The van der Waals surface area contributed by atoms with Crippen LogP contribution in [-0.2, 0) is 10.7 Å². The zero-order valence-corrected chi connectivity index (χ0v) is 18.1. The van der Waals surface area contributed by atoms with Crippen molar-refractivity contribution in [1.82, 2.24) is 14.8 Å². The Morgan fingerprint density at radius 1 is 1.16 bits per heavy atom. The first-order valence-electron chi connectivity index (χ1n) is 10.3. The molecular weight excluding hydrogens is 463 g/mol. The lowest BCUT2D eigenvalue weighted by atomic mass is 9.93. The van der Waals surface area contributed by atoms with E-state index >= 15 is 8.78 Å². The minimum absolute atomic E-state index is 0.0129. The Morgan fingerprint density at radius 3 is 2.65 bits per heavy atom. The number of imidazole rings is 1. The number of carbonyl (C=O) groups excluding carboxylic acids is 1. The molecule has 1 atom stereocenters. The number of nitrogens with zero attached hydrogens (tertiary/aromatic N) is 2. The van der Waals surface area contributed by atoms with E-state index in [-0.39, 0.29) is 17.2 Å². The number of hydrogen-bond acceptors (Lipinski definition) is 3. The van der Waals surface area contributed by atoms with Gasteiger partial charge in [-0.3, -0.25) is 0 Å². The molecule has 4 nitrogen and oxygen atoms in total. The van der Waals surface area contributed by atoms with Gasteiger partial charge in [0.15, 0.2) is 0 Å². The summed E-state index contributed by atoms with van der Waals surface area (Å²) < 4.78 is 31.0. The van der Waals surface area contributed by atoms with Crippen molar-refractivity contribution in [3.8, 4) is 22.4 Å². The van der Waals surface area contributed by atoms with Crippen LogP contribution in [0, 0.1) is 5.41 Å². The van der Waals surface area contributed by atoms with Gasteiger partial charge < -0.3 is 14.6 Å². The number of fused-ring (bicyclic) bond motifs is 3. The molecule has 1 saturated heterocycles. The minimum Gasteiger partial charge on any atom is -0.341 e. The van der Waals surface area contributed by atoms with Crippen molar-refractivity contribution < 1.29 is 13.6 Å². The molecule has 0 amide bonds. The largest absolute Gasteiger partial charge is 0.341 e. The van der Waals surface area contributed by atoms with Gasteiger partial charge in [-0.15, -0.1) is 0 Å². The molecule has 0 bridgehead atoms. The Kier molecular flexibility index (Phi) is 4.12. The normalized spacial score (nSPS) is 22.4.